The molecule has 0 amide bonds. The van der Waals surface area contributed by atoms with Crippen LogP contribution in [0.25, 0.3) is 0 Å². The Morgan fingerprint density at radius 2 is 1.63 bits per heavy atom. The molecule has 0 bridgehead atoms. The van der Waals surface area contributed by atoms with Crippen molar-refractivity contribution in [1.29, 1.82) is 0 Å². The fourth-order valence-electron chi connectivity index (χ4n) is 3.80. The van der Waals surface area contributed by atoms with E-state index in [1.54, 1.807) is 33.1 Å². The number of rotatable bonds is 13. The Morgan fingerprint density at radius 1 is 0.967 bits per heavy atom. The fraction of sp³-hybridized carbons (Fsp3) is 0.500. The van der Waals surface area contributed by atoms with Crippen molar-refractivity contribution >= 4 is 11.9 Å². The molecular formula is C24H33NO5. The molecule has 0 atom stereocenters. The number of carbonyl (C=O) groups is 2. The standard InChI is InChI=1S/C24H33NO5/c1-4-29-22(26)24(23(27)30-5-2,20-15-9-6-10-16-20)18-11-7-8-13-19-14-12-17-21(19)25-28-3/h6,9-10,14-17,25H,4-5,7-8,11-13,18H2,1-3H3. The van der Waals surface area contributed by atoms with Crippen LogP contribution in [0.15, 0.2) is 53.8 Å². The number of unbranched alkanes of at least 4 members (excludes halogenated alkanes) is 2. The van der Waals surface area contributed by atoms with Gasteiger partial charge in [-0.2, -0.15) is 0 Å². The second-order valence-corrected chi connectivity index (χ2v) is 7.16. The summed E-state index contributed by atoms with van der Waals surface area (Å²) in [5.74, 6) is -1.08. The van der Waals surface area contributed by atoms with Crippen molar-refractivity contribution in [2.45, 2.75) is 57.8 Å². The zero-order valence-electron chi connectivity index (χ0n) is 18.2. The van der Waals surface area contributed by atoms with Crippen LogP contribution in [0.5, 0.6) is 0 Å². The van der Waals surface area contributed by atoms with Gasteiger partial charge in [0.1, 0.15) is 0 Å². The average Bonchev–Trinajstić information content (AvgIpc) is 3.19. The summed E-state index contributed by atoms with van der Waals surface area (Å²) >= 11 is 0. The van der Waals surface area contributed by atoms with Gasteiger partial charge in [-0.05, 0) is 50.7 Å². The maximum Gasteiger partial charge on any atom is 0.328 e. The van der Waals surface area contributed by atoms with Crippen molar-refractivity contribution in [2.75, 3.05) is 20.3 Å². The van der Waals surface area contributed by atoms with E-state index in [0.717, 1.165) is 31.4 Å². The summed E-state index contributed by atoms with van der Waals surface area (Å²) in [6, 6.07) is 9.10. The second kappa shape index (κ2) is 12.2. The molecule has 1 aliphatic rings. The minimum absolute atomic E-state index is 0.211. The van der Waals surface area contributed by atoms with E-state index in [2.05, 4.69) is 17.6 Å². The molecule has 0 aromatic heterocycles. The number of esters is 2. The van der Waals surface area contributed by atoms with Gasteiger partial charge in [-0.15, -0.1) is 0 Å². The van der Waals surface area contributed by atoms with E-state index in [1.807, 2.05) is 18.2 Å². The molecular weight excluding hydrogens is 382 g/mol. The summed E-state index contributed by atoms with van der Waals surface area (Å²) in [5.41, 5.74) is 4.36. The van der Waals surface area contributed by atoms with E-state index in [-0.39, 0.29) is 13.2 Å². The fourth-order valence-corrected chi connectivity index (χ4v) is 3.80. The predicted octanol–water partition coefficient (Wildman–Crippen LogP) is 4.37. The molecule has 0 saturated heterocycles. The number of allylic oxidation sites excluding steroid dienone is 3. The van der Waals surface area contributed by atoms with E-state index < -0.39 is 17.4 Å². The molecule has 1 N–H and O–H groups in total. The summed E-state index contributed by atoms with van der Waals surface area (Å²) in [6.07, 6.45) is 9.00. The number of hydrogen-bond acceptors (Lipinski definition) is 6. The summed E-state index contributed by atoms with van der Waals surface area (Å²) in [5, 5.41) is 0. The Kier molecular flexibility index (Phi) is 9.61. The van der Waals surface area contributed by atoms with Crippen molar-refractivity contribution in [3.63, 3.8) is 0 Å². The molecule has 6 nitrogen and oxygen atoms in total. The van der Waals surface area contributed by atoms with E-state index in [4.69, 9.17) is 14.3 Å². The van der Waals surface area contributed by atoms with Crippen LogP contribution in [0.2, 0.25) is 0 Å². The zero-order valence-corrected chi connectivity index (χ0v) is 18.2. The Hall–Kier alpha value is -2.60. The first kappa shape index (κ1) is 23.7. The van der Waals surface area contributed by atoms with E-state index in [9.17, 15) is 9.59 Å². The zero-order chi connectivity index (χ0) is 21.8. The van der Waals surface area contributed by atoms with Gasteiger partial charge in [0, 0.05) is 0 Å². The molecule has 0 unspecified atom stereocenters. The lowest BCUT2D eigenvalue weighted by atomic mass is 9.76. The molecule has 0 spiro atoms. The second-order valence-electron chi connectivity index (χ2n) is 7.16. The summed E-state index contributed by atoms with van der Waals surface area (Å²) < 4.78 is 10.7. The van der Waals surface area contributed by atoms with E-state index in [1.165, 1.54) is 5.57 Å². The van der Waals surface area contributed by atoms with Crippen LogP contribution in [0.1, 0.15) is 57.9 Å². The molecule has 164 valence electrons. The van der Waals surface area contributed by atoms with Gasteiger partial charge in [0.2, 0.25) is 0 Å². The molecule has 1 aliphatic carbocycles. The van der Waals surface area contributed by atoms with Gasteiger partial charge in [-0.1, -0.05) is 55.3 Å². The first-order valence-corrected chi connectivity index (χ1v) is 10.7. The molecule has 1 aromatic rings. The monoisotopic (exact) mass is 415 g/mol. The van der Waals surface area contributed by atoms with Crippen LogP contribution in [0.3, 0.4) is 0 Å². The molecule has 1 aromatic carbocycles. The average molecular weight is 416 g/mol. The molecule has 0 radical (unpaired) electrons. The van der Waals surface area contributed by atoms with Crippen molar-refractivity contribution in [2.24, 2.45) is 0 Å². The SMILES string of the molecule is CCOC(=O)C(CCCCCC1=CCC=C1NOC)(C(=O)OCC)c1ccccc1. The normalized spacial score (nSPS) is 13.4. The van der Waals surface area contributed by atoms with Crippen molar-refractivity contribution in [3.05, 3.63) is 59.3 Å². The van der Waals surface area contributed by atoms with Crippen LogP contribution in [0, 0.1) is 0 Å². The number of carbonyl (C=O) groups excluding carboxylic acids is 2. The highest BCUT2D eigenvalue weighted by Gasteiger charge is 2.49. The summed E-state index contributed by atoms with van der Waals surface area (Å²) in [4.78, 5) is 31.0. The molecule has 30 heavy (non-hydrogen) atoms. The minimum Gasteiger partial charge on any atom is -0.465 e. The highest BCUT2D eigenvalue weighted by molar-refractivity contribution is 6.06. The summed E-state index contributed by atoms with van der Waals surface area (Å²) in [6.45, 7) is 3.91. The topological polar surface area (TPSA) is 73.9 Å². The van der Waals surface area contributed by atoms with Crippen LogP contribution in [0.4, 0.5) is 0 Å². The largest absolute Gasteiger partial charge is 0.465 e. The molecule has 0 fully saturated rings. The smallest absolute Gasteiger partial charge is 0.328 e. The number of ether oxygens (including phenoxy) is 2. The number of benzene rings is 1. The first-order valence-electron chi connectivity index (χ1n) is 10.7. The Morgan fingerprint density at radius 3 is 2.23 bits per heavy atom. The van der Waals surface area contributed by atoms with Crippen LogP contribution >= 0.6 is 0 Å². The molecule has 6 heteroatoms. The maximum atomic E-state index is 13.0. The number of hydrogen-bond donors (Lipinski definition) is 1. The third-order valence-electron chi connectivity index (χ3n) is 5.26. The third-order valence-corrected chi connectivity index (χ3v) is 5.26. The van der Waals surface area contributed by atoms with E-state index in [0.29, 0.717) is 18.4 Å². The lowest BCUT2D eigenvalue weighted by Crippen LogP contribution is -2.46. The number of nitrogens with one attached hydrogen (secondary N) is 1. The Balaban J connectivity index is 2.08. The molecule has 2 rings (SSSR count). The molecule has 0 heterocycles. The van der Waals surface area contributed by atoms with Crippen LogP contribution in [-0.2, 0) is 29.3 Å². The van der Waals surface area contributed by atoms with Crippen molar-refractivity contribution in [1.82, 2.24) is 5.48 Å². The summed E-state index contributed by atoms with van der Waals surface area (Å²) in [7, 11) is 1.60. The first-order chi connectivity index (χ1) is 14.6. The van der Waals surface area contributed by atoms with Crippen LogP contribution in [-0.4, -0.2) is 32.3 Å². The van der Waals surface area contributed by atoms with Crippen LogP contribution < -0.4 is 5.48 Å². The Labute approximate surface area is 179 Å². The van der Waals surface area contributed by atoms with Gasteiger partial charge in [0.25, 0.3) is 0 Å². The van der Waals surface area contributed by atoms with Crippen molar-refractivity contribution in [3.8, 4) is 0 Å². The predicted molar refractivity (Wildman–Crippen MR) is 115 cm³/mol. The highest BCUT2D eigenvalue weighted by Crippen LogP contribution is 2.34. The van der Waals surface area contributed by atoms with Crippen molar-refractivity contribution < 1.29 is 23.9 Å². The Bertz CT molecular complexity index is 736. The van der Waals surface area contributed by atoms with Gasteiger partial charge in [0.05, 0.1) is 26.0 Å². The minimum atomic E-state index is -1.43. The molecule has 0 saturated carbocycles. The van der Waals surface area contributed by atoms with Gasteiger partial charge >= 0.3 is 11.9 Å². The lowest BCUT2D eigenvalue weighted by molar-refractivity contribution is -0.165. The highest BCUT2D eigenvalue weighted by atomic mass is 16.6. The van der Waals surface area contributed by atoms with Gasteiger partial charge < -0.3 is 9.47 Å². The third kappa shape index (κ3) is 5.72. The number of hydroxylamine groups is 1. The van der Waals surface area contributed by atoms with Gasteiger partial charge in [-0.25, -0.2) is 0 Å². The molecule has 0 aliphatic heterocycles. The van der Waals surface area contributed by atoms with Gasteiger partial charge in [-0.3, -0.25) is 19.9 Å². The lowest BCUT2D eigenvalue weighted by Gasteiger charge is -2.29. The quantitative estimate of drug-likeness (QED) is 0.223. The van der Waals surface area contributed by atoms with Gasteiger partial charge in [0.15, 0.2) is 5.41 Å². The maximum absolute atomic E-state index is 13.0. The van der Waals surface area contributed by atoms with E-state index >= 15 is 0 Å².